The SMILES string of the molecule is Nc1ccc(Oc2ccc(N)c(-c3ccccc3)c2[N+](=O)[O-])c([N+](=O)[O-])c1-c1ccccc1. The average Bonchev–Trinajstić information content (AvgIpc) is 2.81. The monoisotopic (exact) mass is 442 g/mol. The fraction of sp³-hybridized carbons (Fsp3) is 0. The van der Waals surface area contributed by atoms with Crippen LogP contribution in [0.25, 0.3) is 22.3 Å². The van der Waals surface area contributed by atoms with Gasteiger partial charge < -0.3 is 16.2 Å². The molecule has 4 N–H and O–H groups in total. The van der Waals surface area contributed by atoms with Crippen molar-refractivity contribution < 1.29 is 14.6 Å². The molecule has 33 heavy (non-hydrogen) atoms. The summed E-state index contributed by atoms with van der Waals surface area (Å²) >= 11 is 0. The summed E-state index contributed by atoms with van der Waals surface area (Å²) in [5.41, 5.74) is 13.1. The van der Waals surface area contributed by atoms with Crippen LogP contribution in [-0.4, -0.2) is 9.85 Å². The predicted octanol–water partition coefficient (Wildman–Crippen LogP) is 5.79. The third-order valence-electron chi connectivity index (χ3n) is 5.06. The third kappa shape index (κ3) is 4.02. The van der Waals surface area contributed by atoms with Crippen LogP contribution in [0.4, 0.5) is 22.7 Å². The lowest BCUT2D eigenvalue weighted by Gasteiger charge is -2.14. The van der Waals surface area contributed by atoms with Crippen molar-refractivity contribution in [3.63, 3.8) is 0 Å². The van der Waals surface area contributed by atoms with Crippen LogP contribution >= 0.6 is 0 Å². The van der Waals surface area contributed by atoms with Crippen LogP contribution in [0, 0.1) is 20.2 Å². The number of nitrogens with zero attached hydrogens (tertiary/aromatic N) is 2. The van der Waals surface area contributed by atoms with Gasteiger partial charge in [-0.05, 0) is 35.4 Å². The summed E-state index contributed by atoms with van der Waals surface area (Å²) in [6, 6.07) is 22.7. The Morgan fingerprint density at radius 2 is 0.939 bits per heavy atom. The molecule has 0 fully saturated rings. The molecular weight excluding hydrogens is 424 g/mol. The Hall–Kier alpha value is -4.92. The standard InChI is InChI=1S/C24H18N4O5/c25-17-11-13-19(23(27(29)30)21(17)15-7-3-1-4-8-15)33-20-14-12-18(26)22(24(20)28(31)32)16-9-5-2-6-10-16/h1-14H,25-26H2. The van der Waals surface area contributed by atoms with Crippen LogP contribution in [0.15, 0.2) is 84.9 Å². The molecule has 0 heterocycles. The number of nitrogen functional groups attached to an aromatic ring is 2. The zero-order chi connectivity index (χ0) is 23.5. The predicted molar refractivity (Wildman–Crippen MR) is 126 cm³/mol. The minimum absolute atomic E-state index is 0.166. The first-order chi connectivity index (χ1) is 15.9. The van der Waals surface area contributed by atoms with Crippen LogP contribution in [0.3, 0.4) is 0 Å². The smallest absolute Gasteiger partial charge is 0.321 e. The topological polar surface area (TPSA) is 148 Å². The lowest BCUT2D eigenvalue weighted by molar-refractivity contribution is -0.386. The van der Waals surface area contributed by atoms with Gasteiger partial charge in [-0.3, -0.25) is 20.2 Å². The Kier molecular flexibility index (Phi) is 5.60. The molecule has 164 valence electrons. The molecule has 4 aromatic carbocycles. The largest absolute Gasteiger partial charge is 0.443 e. The van der Waals surface area contributed by atoms with Gasteiger partial charge in [-0.25, -0.2) is 0 Å². The van der Waals surface area contributed by atoms with E-state index in [0.29, 0.717) is 11.1 Å². The van der Waals surface area contributed by atoms with E-state index < -0.39 is 21.2 Å². The van der Waals surface area contributed by atoms with Gasteiger partial charge in [0.15, 0.2) is 0 Å². The van der Waals surface area contributed by atoms with Gasteiger partial charge in [0.1, 0.15) is 0 Å². The minimum atomic E-state index is -0.616. The van der Waals surface area contributed by atoms with Crippen molar-refractivity contribution in [2.24, 2.45) is 0 Å². The lowest BCUT2D eigenvalue weighted by atomic mass is 10.0. The summed E-state index contributed by atoms with van der Waals surface area (Å²) in [4.78, 5) is 22.8. The molecule has 4 rings (SSSR count). The van der Waals surface area contributed by atoms with Gasteiger partial charge in [0, 0.05) is 11.4 Å². The summed E-state index contributed by atoms with van der Waals surface area (Å²) in [6.45, 7) is 0. The Morgan fingerprint density at radius 1 is 0.576 bits per heavy atom. The van der Waals surface area contributed by atoms with E-state index in [1.807, 2.05) is 0 Å². The summed E-state index contributed by atoms with van der Waals surface area (Å²) in [5.74, 6) is -0.361. The molecule has 9 nitrogen and oxygen atoms in total. The molecule has 0 spiro atoms. The minimum Gasteiger partial charge on any atom is -0.443 e. The molecule has 0 aliphatic rings. The first-order valence-corrected chi connectivity index (χ1v) is 9.81. The Morgan fingerprint density at radius 3 is 1.27 bits per heavy atom. The number of ether oxygens (including phenoxy) is 1. The molecule has 0 aliphatic heterocycles. The zero-order valence-electron chi connectivity index (χ0n) is 17.2. The number of anilines is 2. The lowest BCUT2D eigenvalue weighted by Crippen LogP contribution is -2.03. The van der Waals surface area contributed by atoms with Crippen molar-refractivity contribution in [3.8, 4) is 33.8 Å². The van der Waals surface area contributed by atoms with Gasteiger partial charge in [0.2, 0.25) is 11.5 Å². The third-order valence-corrected chi connectivity index (χ3v) is 5.06. The molecule has 0 saturated heterocycles. The van der Waals surface area contributed by atoms with Crippen molar-refractivity contribution in [1.82, 2.24) is 0 Å². The molecule has 4 aromatic rings. The normalized spacial score (nSPS) is 10.5. The van der Waals surface area contributed by atoms with Crippen molar-refractivity contribution in [3.05, 3.63) is 105 Å². The van der Waals surface area contributed by atoms with Crippen molar-refractivity contribution >= 4 is 22.7 Å². The van der Waals surface area contributed by atoms with Crippen molar-refractivity contribution in [2.45, 2.75) is 0 Å². The number of hydrogen-bond acceptors (Lipinski definition) is 7. The van der Waals surface area contributed by atoms with Crippen LogP contribution in [0.1, 0.15) is 0 Å². The van der Waals surface area contributed by atoms with E-state index in [4.69, 9.17) is 16.2 Å². The molecule has 0 amide bonds. The van der Waals surface area contributed by atoms with Gasteiger partial charge >= 0.3 is 11.4 Å². The fourth-order valence-electron chi connectivity index (χ4n) is 3.64. The number of rotatable bonds is 6. The van der Waals surface area contributed by atoms with E-state index in [9.17, 15) is 20.2 Å². The second-order valence-corrected chi connectivity index (χ2v) is 7.10. The molecule has 0 radical (unpaired) electrons. The Bertz CT molecular complexity index is 1250. The van der Waals surface area contributed by atoms with Crippen molar-refractivity contribution in [2.75, 3.05) is 11.5 Å². The number of nitrogens with two attached hydrogens (primary N) is 2. The highest BCUT2D eigenvalue weighted by Gasteiger charge is 2.30. The van der Waals surface area contributed by atoms with Gasteiger partial charge in [0.25, 0.3) is 0 Å². The van der Waals surface area contributed by atoms with E-state index in [1.54, 1.807) is 60.7 Å². The van der Waals surface area contributed by atoms with Crippen LogP contribution in [-0.2, 0) is 0 Å². The highest BCUT2D eigenvalue weighted by Crippen LogP contribution is 2.47. The van der Waals surface area contributed by atoms with Crippen molar-refractivity contribution in [1.29, 1.82) is 0 Å². The Balaban J connectivity index is 1.92. The summed E-state index contributed by atoms with van der Waals surface area (Å²) < 4.78 is 5.80. The molecule has 0 bridgehead atoms. The second-order valence-electron chi connectivity index (χ2n) is 7.10. The number of nitro groups is 2. The fourth-order valence-corrected chi connectivity index (χ4v) is 3.64. The molecular formula is C24H18N4O5. The van der Waals surface area contributed by atoms with Crippen LogP contribution in [0.2, 0.25) is 0 Å². The van der Waals surface area contributed by atoms with Crippen LogP contribution in [0.5, 0.6) is 11.5 Å². The highest BCUT2D eigenvalue weighted by atomic mass is 16.6. The van der Waals surface area contributed by atoms with E-state index in [2.05, 4.69) is 0 Å². The van der Waals surface area contributed by atoms with Gasteiger partial charge in [0.05, 0.1) is 21.0 Å². The molecule has 9 heteroatoms. The molecule has 0 aliphatic carbocycles. The Labute approximate surface area is 188 Å². The van der Waals surface area contributed by atoms with E-state index in [1.165, 1.54) is 24.3 Å². The first-order valence-electron chi connectivity index (χ1n) is 9.81. The summed E-state index contributed by atoms with van der Waals surface area (Å²) in [5, 5.41) is 24.1. The van der Waals surface area contributed by atoms with E-state index in [-0.39, 0.29) is 34.0 Å². The summed E-state index contributed by atoms with van der Waals surface area (Å²) in [6.07, 6.45) is 0. The maximum atomic E-state index is 12.0. The van der Waals surface area contributed by atoms with Crippen LogP contribution < -0.4 is 16.2 Å². The zero-order valence-corrected chi connectivity index (χ0v) is 17.2. The molecule has 0 atom stereocenters. The maximum absolute atomic E-state index is 12.0. The molecule has 0 aromatic heterocycles. The number of benzene rings is 4. The van der Waals surface area contributed by atoms with Gasteiger partial charge in [-0.2, -0.15) is 0 Å². The maximum Gasteiger partial charge on any atom is 0.321 e. The van der Waals surface area contributed by atoms with Gasteiger partial charge in [-0.15, -0.1) is 0 Å². The number of hydrogen-bond donors (Lipinski definition) is 2. The second kappa shape index (κ2) is 8.67. The van der Waals surface area contributed by atoms with E-state index >= 15 is 0 Å². The summed E-state index contributed by atoms with van der Waals surface area (Å²) in [7, 11) is 0. The van der Waals surface area contributed by atoms with Gasteiger partial charge in [-0.1, -0.05) is 60.7 Å². The average molecular weight is 442 g/mol. The number of nitro benzene ring substituents is 2. The highest BCUT2D eigenvalue weighted by molar-refractivity contribution is 5.89. The molecule has 0 saturated carbocycles. The first kappa shape index (κ1) is 21.3. The molecule has 0 unspecified atom stereocenters. The van der Waals surface area contributed by atoms with E-state index in [0.717, 1.165) is 0 Å². The quantitative estimate of drug-likeness (QED) is 0.218.